The summed E-state index contributed by atoms with van der Waals surface area (Å²) in [4.78, 5) is 28.3. The van der Waals surface area contributed by atoms with Crippen molar-refractivity contribution >= 4 is 57.6 Å². The summed E-state index contributed by atoms with van der Waals surface area (Å²) in [5.74, 6) is -2.09. The van der Waals surface area contributed by atoms with Crippen molar-refractivity contribution in [2.24, 2.45) is 0 Å². The van der Waals surface area contributed by atoms with Gasteiger partial charge in [-0.2, -0.15) is 0 Å². The van der Waals surface area contributed by atoms with Gasteiger partial charge < -0.3 is 14.6 Å². The molecule has 0 radical (unpaired) electrons. The number of rotatable bonds is 12. The maximum atomic E-state index is 15.5. The maximum absolute atomic E-state index is 15.5. The highest BCUT2D eigenvalue weighted by molar-refractivity contribution is 7.14. The topological polar surface area (TPSA) is 97.8 Å². The predicted octanol–water partition coefficient (Wildman–Crippen LogP) is 7.50. The Bertz CT molecular complexity index is 1320. The lowest BCUT2D eigenvalue weighted by Gasteiger charge is -2.17. The molecule has 0 saturated carbocycles. The zero-order valence-electron chi connectivity index (χ0n) is 21.0. The number of thiazole rings is 1. The fourth-order valence-corrected chi connectivity index (χ4v) is 4.89. The van der Waals surface area contributed by atoms with Crippen LogP contribution in [0, 0.1) is 5.82 Å². The van der Waals surface area contributed by atoms with Gasteiger partial charge in [-0.1, -0.05) is 42.3 Å². The van der Waals surface area contributed by atoms with Crippen molar-refractivity contribution in [3.8, 4) is 11.3 Å². The molecule has 0 bridgehead atoms. The van der Waals surface area contributed by atoms with Crippen molar-refractivity contribution in [1.29, 1.82) is 0 Å². The van der Waals surface area contributed by atoms with Crippen LogP contribution in [0.4, 0.5) is 9.52 Å². The molecule has 1 heterocycles. The van der Waals surface area contributed by atoms with Gasteiger partial charge in [-0.05, 0) is 37.6 Å². The van der Waals surface area contributed by atoms with E-state index in [0.717, 1.165) is 17.8 Å². The number of aromatic nitrogens is 1. The van der Waals surface area contributed by atoms with E-state index in [0.29, 0.717) is 36.5 Å². The summed E-state index contributed by atoms with van der Waals surface area (Å²) in [5, 5.41) is 13.9. The number of carbonyl (C=O) groups is 2. The van der Waals surface area contributed by atoms with E-state index < -0.39 is 23.8 Å². The van der Waals surface area contributed by atoms with E-state index in [9.17, 15) is 9.59 Å². The van der Waals surface area contributed by atoms with Crippen molar-refractivity contribution in [2.75, 3.05) is 25.6 Å². The maximum Gasteiger partial charge on any atom is 0.331 e. The Hall–Kier alpha value is -2.82. The van der Waals surface area contributed by atoms with Crippen molar-refractivity contribution in [2.45, 2.75) is 32.8 Å². The van der Waals surface area contributed by atoms with Crippen LogP contribution in [0.3, 0.4) is 0 Å². The van der Waals surface area contributed by atoms with E-state index in [1.807, 2.05) is 6.92 Å². The van der Waals surface area contributed by atoms with Gasteiger partial charge in [0.15, 0.2) is 5.13 Å². The minimum atomic E-state index is -1.11. The molecule has 1 atom stereocenters. The minimum Gasteiger partial charge on any atom is -0.478 e. The second-order valence-corrected chi connectivity index (χ2v) is 9.98. The van der Waals surface area contributed by atoms with Gasteiger partial charge in [0.05, 0.1) is 21.8 Å². The summed E-state index contributed by atoms with van der Waals surface area (Å²) >= 11 is 13.7. The molecule has 0 aliphatic rings. The molecular formula is C27H27Cl2FN2O5S. The van der Waals surface area contributed by atoms with Crippen LogP contribution in [0.5, 0.6) is 0 Å². The number of hydrogen-bond acceptors (Lipinski definition) is 6. The van der Waals surface area contributed by atoms with Gasteiger partial charge >= 0.3 is 5.97 Å². The minimum absolute atomic E-state index is 0.0410. The SMILES string of the molecule is CCCOCCC(OC)c1cccc(-c2csc(NC(=O)c3cc(Cl)c(/C=C(\C)C(=O)O)c(Cl)c3)n2)c1F. The number of aliphatic carboxylic acids is 1. The van der Waals surface area contributed by atoms with Crippen LogP contribution in [-0.2, 0) is 14.3 Å². The second-order valence-electron chi connectivity index (χ2n) is 8.31. The van der Waals surface area contributed by atoms with Crippen LogP contribution in [0.2, 0.25) is 10.0 Å². The zero-order chi connectivity index (χ0) is 27.8. The van der Waals surface area contributed by atoms with Gasteiger partial charge in [-0.15, -0.1) is 11.3 Å². The van der Waals surface area contributed by atoms with E-state index >= 15 is 4.39 Å². The number of carboxylic acid groups (broad SMARTS) is 1. The summed E-state index contributed by atoms with van der Waals surface area (Å²) in [7, 11) is 1.53. The number of halogens is 3. The Balaban J connectivity index is 1.78. The lowest BCUT2D eigenvalue weighted by Crippen LogP contribution is -2.12. The Morgan fingerprint density at radius 3 is 2.58 bits per heavy atom. The molecule has 202 valence electrons. The fourth-order valence-electron chi connectivity index (χ4n) is 3.59. The molecule has 1 unspecified atom stereocenters. The number of nitrogens with zero attached hydrogens (tertiary/aromatic N) is 1. The normalized spacial score (nSPS) is 12.4. The number of hydrogen-bond donors (Lipinski definition) is 2. The molecule has 2 aromatic carbocycles. The molecule has 0 fully saturated rings. The third kappa shape index (κ3) is 7.39. The molecule has 2 N–H and O–H groups in total. The molecule has 0 spiro atoms. The van der Waals surface area contributed by atoms with Gasteiger partial charge in [0.1, 0.15) is 5.82 Å². The molecular weight excluding hydrogens is 554 g/mol. The van der Waals surface area contributed by atoms with Crippen LogP contribution in [0.25, 0.3) is 17.3 Å². The first-order valence-electron chi connectivity index (χ1n) is 11.7. The lowest BCUT2D eigenvalue weighted by molar-refractivity contribution is -0.132. The van der Waals surface area contributed by atoms with Gasteiger partial charge in [0.2, 0.25) is 0 Å². The molecule has 1 amide bonds. The summed E-state index contributed by atoms with van der Waals surface area (Å²) in [6, 6.07) is 7.79. The number of carboxylic acids is 1. The van der Waals surface area contributed by atoms with Gasteiger partial charge in [0.25, 0.3) is 5.91 Å². The molecule has 0 aliphatic heterocycles. The molecule has 38 heavy (non-hydrogen) atoms. The van der Waals surface area contributed by atoms with E-state index in [4.69, 9.17) is 37.8 Å². The monoisotopic (exact) mass is 580 g/mol. The largest absolute Gasteiger partial charge is 0.478 e. The average Bonchev–Trinajstić information content (AvgIpc) is 3.34. The number of methoxy groups -OCH3 is 1. The van der Waals surface area contributed by atoms with E-state index in [1.54, 1.807) is 23.6 Å². The Kier molecular flexibility index (Phi) is 10.8. The highest BCUT2D eigenvalue weighted by atomic mass is 35.5. The van der Waals surface area contributed by atoms with Crippen molar-refractivity contribution in [3.63, 3.8) is 0 Å². The number of anilines is 1. The number of ether oxygens (including phenoxy) is 2. The van der Waals surface area contributed by atoms with E-state index in [2.05, 4.69) is 10.3 Å². The Labute approximate surface area is 234 Å². The molecule has 3 aromatic rings. The quantitative estimate of drug-likeness (QED) is 0.170. The van der Waals surface area contributed by atoms with Crippen LogP contribution in [-0.4, -0.2) is 42.3 Å². The number of nitrogens with one attached hydrogen (secondary N) is 1. The van der Waals surface area contributed by atoms with Crippen molar-refractivity contribution < 1.29 is 28.6 Å². The summed E-state index contributed by atoms with van der Waals surface area (Å²) < 4.78 is 26.5. The standard InChI is InChI=1S/C27H27Cl2FN2O5S/c1-4-9-37-10-8-23(36-3)18-7-5-6-17(24(18)30)22-14-38-27(31-22)32-25(33)16-12-20(28)19(21(29)13-16)11-15(2)26(34)35/h5-7,11-14,23H,4,8-10H2,1-3H3,(H,34,35)(H,31,32,33)/b15-11+. The summed E-state index contributed by atoms with van der Waals surface area (Å²) in [5.41, 5.74) is 1.54. The first-order valence-corrected chi connectivity index (χ1v) is 13.4. The Morgan fingerprint density at radius 1 is 1.24 bits per heavy atom. The average molecular weight is 581 g/mol. The first-order chi connectivity index (χ1) is 18.2. The fraction of sp³-hybridized carbons (Fsp3) is 0.296. The van der Waals surface area contributed by atoms with E-state index in [1.165, 1.54) is 32.2 Å². The predicted molar refractivity (Wildman–Crippen MR) is 149 cm³/mol. The lowest BCUT2D eigenvalue weighted by atomic mass is 10.0. The smallest absolute Gasteiger partial charge is 0.331 e. The van der Waals surface area contributed by atoms with Crippen LogP contribution in [0.1, 0.15) is 54.3 Å². The zero-order valence-corrected chi connectivity index (χ0v) is 23.3. The Morgan fingerprint density at radius 2 is 1.95 bits per heavy atom. The summed E-state index contributed by atoms with van der Waals surface area (Å²) in [6.07, 6.45) is 2.26. The number of carbonyl (C=O) groups excluding carboxylic acids is 1. The highest BCUT2D eigenvalue weighted by Gasteiger charge is 2.20. The van der Waals surface area contributed by atoms with Crippen LogP contribution < -0.4 is 5.32 Å². The second kappa shape index (κ2) is 13.8. The van der Waals surface area contributed by atoms with Crippen LogP contribution >= 0.6 is 34.5 Å². The van der Waals surface area contributed by atoms with Gasteiger partial charge in [0, 0.05) is 60.0 Å². The van der Waals surface area contributed by atoms with Gasteiger partial charge in [-0.25, -0.2) is 14.2 Å². The molecule has 0 saturated heterocycles. The highest BCUT2D eigenvalue weighted by Crippen LogP contribution is 2.33. The molecule has 7 nitrogen and oxygen atoms in total. The third-order valence-corrected chi connectivity index (χ3v) is 6.96. The van der Waals surface area contributed by atoms with Crippen molar-refractivity contribution in [1.82, 2.24) is 4.98 Å². The number of benzene rings is 2. The molecule has 1 aromatic heterocycles. The third-order valence-electron chi connectivity index (χ3n) is 5.57. The van der Waals surface area contributed by atoms with Crippen molar-refractivity contribution in [3.05, 3.63) is 73.8 Å². The molecule has 3 rings (SSSR count). The molecule has 0 aliphatic carbocycles. The number of amides is 1. The summed E-state index contributed by atoms with van der Waals surface area (Å²) in [6.45, 7) is 4.51. The molecule has 11 heteroatoms. The van der Waals surface area contributed by atoms with E-state index in [-0.39, 0.29) is 31.9 Å². The van der Waals surface area contributed by atoms with Gasteiger partial charge in [-0.3, -0.25) is 10.1 Å². The van der Waals surface area contributed by atoms with Crippen LogP contribution in [0.15, 0.2) is 41.3 Å². The first kappa shape index (κ1) is 29.7.